The molecule has 1 fully saturated rings. The minimum atomic E-state index is -0.248. The van der Waals surface area contributed by atoms with E-state index in [1.165, 1.54) is 6.07 Å². The first kappa shape index (κ1) is 18.4. The maximum atomic E-state index is 13.2. The Morgan fingerprint density at radius 1 is 1.32 bits per heavy atom. The van der Waals surface area contributed by atoms with Crippen molar-refractivity contribution in [3.8, 4) is 0 Å². The van der Waals surface area contributed by atoms with Gasteiger partial charge in [-0.05, 0) is 31.2 Å². The lowest BCUT2D eigenvalue weighted by Crippen LogP contribution is -2.41. The van der Waals surface area contributed by atoms with Gasteiger partial charge in [-0.1, -0.05) is 36.8 Å². The highest BCUT2D eigenvalue weighted by Crippen LogP contribution is 2.22. The topological polar surface area (TPSA) is 83.9 Å². The van der Waals surface area contributed by atoms with Crippen molar-refractivity contribution in [1.29, 1.82) is 0 Å². The molecule has 0 radical (unpaired) electrons. The molecular formula is C21H25N5O2. The largest absolute Gasteiger partial charge is 0.338 e. The maximum absolute atomic E-state index is 13.2. The van der Waals surface area contributed by atoms with Crippen LogP contribution >= 0.6 is 0 Å². The molecule has 1 aliphatic heterocycles. The molecule has 1 amide bonds. The molecule has 0 aliphatic carbocycles. The summed E-state index contributed by atoms with van der Waals surface area (Å²) >= 11 is 0. The number of carbonyl (C=O) groups is 1. The summed E-state index contributed by atoms with van der Waals surface area (Å²) in [6.07, 6.45) is 6.00. The van der Waals surface area contributed by atoms with E-state index in [0.717, 1.165) is 49.9 Å². The summed E-state index contributed by atoms with van der Waals surface area (Å²) < 4.78 is 1.90. The molecule has 4 rings (SSSR count). The Bertz CT molecular complexity index is 1040. The molecule has 3 aromatic rings. The van der Waals surface area contributed by atoms with Crippen molar-refractivity contribution in [3.63, 3.8) is 0 Å². The van der Waals surface area contributed by atoms with Crippen LogP contribution in [-0.2, 0) is 13.0 Å². The second kappa shape index (κ2) is 7.96. The van der Waals surface area contributed by atoms with Crippen LogP contribution in [0.5, 0.6) is 0 Å². The van der Waals surface area contributed by atoms with Gasteiger partial charge in [-0.25, -0.2) is 0 Å². The van der Waals surface area contributed by atoms with Gasteiger partial charge in [-0.3, -0.25) is 14.3 Å². The Hall–Kier alpha value is -2.96. The van der Waals surface area contributed by atoms with E-state index in [-0.39, 0.29) is 11.5 Å². The number of aromatic nitrogens is 4. The van der Waals surface area contributed by atoms with Crippen molar-refractivity contribution < 1.29 is 4.79 Å². The number of benzene rings is 1. The Morgan fingerprint density at radius 2 is 2.18 bits per heavy atom. The highest BCUT2D eigenvalue weighted by atomic mass is 16.2. The third-order valence-electron chi connectivity index (χ3n) is 5.32. The average molecular weight is 379 g/mol. The van der Waals surface area contributed by atoms with E-state index < -0.39 is 0 Å². The second-order valence-electron chi connectivity index (χ2n) is 7.53. The summed E-state index contributed by atoms with van der Waals surface area (Å²) in [5.41, 5.74) is 1.94. The van der Waals surface area contributed by atoms with Gasteiger partial charge in [0, 0.05) is 42.8 Å². The Kier molecular flexibility index (Phi) is 5.23. The van der Waals surface area contributed by atoms with Crippen molar-refractivity contribution in [3.05, 3.63) is 58.1 Å². The third-order valence-corrected chi connectivity index (χ3v) is 5.32. The molecule has 0 unspecified atom stereocenters. The zero-order chi connectivity index (χ0) is 19.5. The van der Waals surface area contributed by atoms with Crippen molar-refractivity contribution in [2.24, 2.45) is 5.92 Å². The van der Waals surface area contributed by atoms with Crippen LogP contribution in [0.2, 0.25) is 0 Å². The smallest absolute Gasteiger partial charge is 0.254 e. The highest BCUT2D eigenvalue weighted by Gasteiger charge is 2.26. The number of piperidine rings is 1. The number of hydrogen-bond acceptors (Lipinski definition) is 4. The molecule has 1 aromatic carbocycles. The van der Waals surface area contributed by atoms with Crippen LogP contribution < -0.4 is 5.56 Å². The first-order valence-electron chi connectivity index (χ1n) is 9.94. The maximum Gasteiger partial charge on any atom is 0.254 e. The van der Waals surface area contributed by atoms with E-state index in [1.54, 1.807) is 0 Å². The summed E-state index contributed by atoms with van der Waals surface area (Å²) in [5, 5.41) is 9.23. The second-order valence-corrected chi connectivity index (χ2v) is 7.53. The van der Waals surface area contributed by atoms with Crippen LogP contribution in [0.15, 0.2) is 41.3 Å². The predicted molar refractivity (Wildman–Crippen MR) is 107 cm³/mol. The minimum absolute atomic E-state index is 0.0720. The number of nitrogens with zero attached hydrogens (tertiary/aromatic N) is 4. The van der Waals surface area contributed by atoms with Gasteiger partial charge in [-0.2, -0.15) is 0 Å². The minimum Gasteiger partial charge on any atom is -0.338 e. The number of H-pyrrole nitrogens is 1. The number of fused-ring (bicyclic) bond motifs is 1. The Morgan fingerprint density at radius 3 is 3.04 bits per heavy atom. The van der Waals surface area contributed by atoms with Gasteiger partial charge in [0.25, 0.3) is 5.91 Å². The number of nitrogens with one attached hydrogen (secondary N) is 1. The molecule has 3 heterocycles. The third kappa shape index (κ3) is 3.83. The van der Waals surface area contributed by atoms with Crippen LogP contribution in [0.4, 0.5) is 0 Å². The zero-order valence-corrected chi connectivity index (χ0v) is 16.1. The lowest BCUT2D eigenvalue weighted by Gasteiger charge is -2.33. The molecule has 1 atom stereocenters. The number of aromatic amines is 1. The molecule has 0 saturated carbocycles. The van der Waals surface area contributed by atoms with E-state index in [4.69, 9.17) is 0 Å². The van der Waals surface area contributed by atoms with Crippen molar-refractivity contribution >= 4 is 16.8 Å². The van der Waals surface area contributed by atoms with E-state index in [2.05, 4.69) is 22.2 Å². The number of rotatable bonds is 5. The van der Waals surface area contributed by atoms with Crippen LogP contribution in [0, 0.1) is 5.92 Å². The van der Waals surface area contributed by atoms with E-state index in [1.807, 2.05) is 40.0 Å². The SMILES string of the molecule is CCCc1cn(C[C@H]2CCCN(C(=O)c3cc(=O)[nH]c4ccccc34)C2)nn1. The average Bonchev–Trinajstić information content (AvgIpc) is 3.14. The lowest BCUT2D eigenvalue weighted by molar-refractivity contribution is 0.0661. The first-order valence-corrected chi connectivity index (χ1v) is 9.94. The number of amides is 1. The molecule has 146 valence electrons. The summed E-state index contributed by atoms with van der Waals surface area (Å²) in [7, 11) is 0. The molecule has 1 N–H and O–H groups in total. The number of aryl methyl sites for hydroxylation is 1. The molecule has 0 spiro atoms. The molecule has 0 bridgehead atoms. The molecule has 1 aliphatic rings. The number of hydrogen-bond donors (Lipinski definition) is 1. The van der Waals surface area contributed by atoms with Gasteiger partial charge in [0.15, 0.2) is 0 Å². The number of likely N-dealkylation sites (tertiary alicyclic amines) is 1. The summed E-state index contributed by atoms with van der Waals surface area (Å²) in [6.45, 7) is 4.27. The van der Waals surface area contributed by atoms with Gasteiger partial charge < -0.3 is 9.88 Å². The van der Waals surface area contributed by atoms with Gasteiger partial charge >= 0.3 is 0 Å². The molecular weight excluding hydrogens is 354 g/mol. The first-order chi connectivity index (χ1) is 13.6. The number of pyridine rings is 1. The fourth-order valence-electron chi connectivity index (χ4n) is 4.01. The molecule has 7 nitrogen and oxygen atoms in total. The van der Waals surface area contributed by atoms with Gasteiger partial charge in [-0.15, -0.1) is 5.10 Å². The standard InChI is InChI=1S/C21H25N5O2/c1-2-6-16-14-26(24-23-16)13-15-7-5-10-25(12-15)21(28)18-11-20(27)22-19-9-4-3-8-17(18)19/h3-4,8-9,11,14-15H,2,5-7,10,12-13H2,1H3,(H,22,27)/t15-/m0/s1. The van der Waals surface area contributed by atoms with Crippen LogP contribution in [0.1, 0.15) is 42.2 Å². The van der Waals surface area contributed by atoms with E-state index in [9.17, 15) is 9.59 Å². The Labute approximate surface area is 163 Å². The fraction of sp³-hybridized carbons (Fsp3) is 0.429. The van der Waals surface area contributed by atoms with Gasteiger partial charge in [0.2, 0.25) is 5.56 Å². The molecule has 2 aromatic heterocycles. The lowest BCUT2D eigenvalue weighted by atomic mass is 9.97. The molecule has 7 heteroatoms. The summed E-state index contributed by atoms with van der Waals surface area (Å²) in [6, 6.07) is 8.86. The molecule has 1 saturated heterocycles. The number of carbonyl (C=O) groups excluding carboxylic acids is 1. The van der Waals surface area contributed by atoms with Crippen molar-refractivity contribution in [1.82, 2.24) is 24.9 Å². The van der Waals surface area contributed by atoms with Crippen LogP contribution in [0.25, 0.3) is 10.9 Å². The van der Waals surface area contributed by atoms with Gasteiger partial charge in [0.05, 0.1) is 11.3 Å². The number of para-hydroxylation sites is 1. The van der Waals surface area contributed by atoms with E-state index >= 15 is 0 Å². The van der Waals surface area contributed by atoms with Crippen LogP contribution in [-0.4, -0.2) is 43.9 Å². The van der Waals surface area contributed by atoms with Crippen LogP contribution in [0.3, 0.4) is 0 Å². The van der Waals surface area contributed by atoms with Crippen molar-refractivity contribution in [2.75, 3.05) is 13.1 Å². The van der Waals surface area contributed by atoms with Crippen molar-refractivity contribution in [2.45, 2.75) is 39.2 Å². The summed E-state index contributed by atoms with van der Waals surface area (Å²) in [4.78, 5) is 29.9. The normalized spacial score (nSPS) is 17.2. The van der Waals surface area contributed by atoms with E-state index in [0.29, 0.717) is 23.5 Å². The van der Waals surface area contributed by atoms with Gasteiger partial charge in [0.1, 0.15) is 0 Å². The zero-order valence-electron chi connectivity index (χ0n) is 16.1. The fourth-order valence-corrected chi connectivity index (χ4v) is 4.01. The molecule has 28 heavy (non-hydrogen) atoms. The Balaban J connectivity index is 1.51. The predicted octanol–water partition coefficient (Wildman–Crippen LogP) is 2.62. The monoisotopic (exact) mass is 379 g/mol. The highest BCUT2D eigenvalue weighted by molar-refractivity contribution is 6.05. The quantitative estimate of drug-likeness (QED) is 0.739. The summed E-state index contributed by atoms with van der Waals surface area (Å²) in [5.74, 6) is 0.263.